The van der Waals surface area contributed by atoms with Crippen LogP contribution in [-0.4, -0.2) is 18.0 Å². The van der Waals surface area contributed by atoms with Crippen LogP contribution in [0.4, 0.5) is 0 Å². The normalized spacial score (nSPS) is 14.8. The van der Waals surface area contributed by atoms with Crippen LogP contribution >= 0.6 is 11.3 Å². The Morgan fingerprint density at radius 1 is 1.31 bits per heavy atom. The molecule has 0 bridgehead atoms. The standard InChI is InChI=1S/C12H20N2OS/c1-8(2)13-12(15)10(4)14-9(3)11-5-6-16-7-11/h5-10,14H,1-4H3,(H,13,15). The third-order valence-electron chi connectivity index (χ3n) is 2.37. The van der Waals surface area contributed by atoms with Gasteiger partial charge in [-0.2, -0.15) is 11.3 Å². The van der Waals surface area contributed by atoms with Crippen molar-refractivity contribution in [2.45, 2.75) is 45.8 Å². The first kappa shape index (κ1) is 13.2. The second-order valence-corrected chi connectivity index (χ2v) is 5.11. The average Bonchev–Trinajstić information content (AvgIpc) is 2.68. The Morgan fingerprint density at radius 2 is 2.00 bits per heavy atom. The Labute approximate surface area is 101 Å². The van der Waals surface area contributed by atoms with E-state index in [1.165, 1.54) is 5.56 Å². The molecular formula is C12H20N2OS. The van der Waals surface area contributed by atoms with Crippen LogP contribution in [0.3, 0.4) is 0 Å². The Morgan fingerprint density at radius 3 is 2.50 bits per heavy atom. The monoisotopic (exact) mass is 240 g/mol. The van der Waals surface area contributed by atoms with Crippen LogP contribution in [0, 0.1) is 0 Å². The summed E-state index contributed by atoms with van der Waals surface area (Å²) >= 11 is 1.67. The SMILES string of the molecule is CC(C)NC(=O)C(C)NC(C)c1ccsc1. The van der Waals surface area contributed by atoms with Crippen LogP contribution in [0.2, 0.25) is 0 Å². The highest BCUT2D eigenvalue weighted by Gasteiger charge is 2.16. The van der Waals surface area contributed by atoms with E-state index in [9.17, 15) is 4.79 Å². The van der Waals surface area contributed by atoms with E-state index in [0.717, 1.165) is 0 Å². The second kappa shape index (κ2) is 6.01. The maximum atomic E-state index is 11.7. The number of amides is 1. The first-order chi connectivity index (χ1) is 7.50. The van der Waals surface area contributed by atoms with Crippen LogP contribution in [0.1, 0.15) is 39.3 Å². The Balaban J connectivity index is 2.45. The van der Waals surface area contributed by atoms with Crippen molar-refractivity contribution in [3.8, 4) is 0 Å². The lowest BCUT2D eigenvalue weighted by molar-refractivity contribution is -0.123. The molecule has 0 aromatic carbocycles. The van der Waals surface area contributed by atoms with Gasteiger partial charge in [0.25, 0.3) is 0 Å². The molecule has 0 aliphatic carbocycles. The van der Waals surface area contributed by atoms with Crippen molar-refractivity contribution in [1.82, 2.24) is 10.6 Å². The molecule has 2 N–H and O–H groups in total. The van der Waals surface area contributed by atoms with E-state index >= 15 is 0 Å². The van der Waals surface area contributed by atoms with Gasteiger partial charge in [0.15, 0.2) is 0 Å². The Bertz CT molecular complexity index is 322. The first-order valence-electron chi connectivity index (χ1n) is 5.59. The number of carbonyl (C=O) groups is 1. The molecule has 0 fully saturated rings. The summed E-state index contributed by atoms with van der Waals surface area (Å²) in [5.41, 5.74) is 1.23. The van der Waals surface area contributed by atoms with Crippen molar-refractivity contribution in [2.75, 3.05) is 0 Å². The van der Waals surface area contributed by atoms with E-state index in [-0.39, 0.29) is 24.0 Å². The van der Waals surface area contributed by atoms with E-state index < -0.39 is 0 Å². The van der Waals surface area contributed by atoms with Gasteiger partial charge in [-0.3, -0.25) is 10.1 Å². The molecule has 0 saturated heterocycles. The van der Waals surface area contributed by atoms with Crippen molar-refractivity contribution >= 4 is 17.2 Å². The molecule has 3 nitrogen and oxygen atoms in total. The zero-order valence-electron chi connectivity index (χ0n) is 10.3. The molecule has 4 heteroatoms. The van der Waals surface area contributed by atoms with E-state index in [1.807, 2.05) is 26.2 Å². The molecule has 1 rings (SSSR count). The molecule has 2 atom stereocenters. The van der Waals surface area contributed by atoms with Crippen LogP contribution in [0.15, 0.2) is 16.8 Å². The molecule has 0 aliphatic rings. The van der Waals surface area contributed by atoms with E-state index in [1.54, 1.807) is 11.3 Å². The van der Waals surface area contributed by atoms with Gasteiger partial charge < -0.3 is 5.32 Å². The van der Waals surface area contributed by atoms with Crippen LogP contribution in [-0.2, 0) is 4.79 Å². The van der Waals surface area contributed by atoms with Gasteiger partial charge in [0.1, 0.15) is 0 Å². The van der Waals surface area contributed by atoms with Crippen molar-refractivity contribution in [1.29, 1.82) is 0 Å². The van der Waals surface area contributed by atoms with E-state index in [2.05, 4.69) is 29.0 Å². The number of carbonyl (C=O) groups excluding carboxylic acids is 1. The highest BCUT2D eigenvalue weighted by atomic mass is 32.1. The minimum absolute atomic E-state index is 0.0529. The molecule has 1 aromatic heterocycles. The molecule has 1 heterocycles. The van der Waals surface area contributed by atoms with Crippen molar-refractivity contribution in [3.05, 3.63) is 22.4 Å². The minimum atomic E-state index is -0.169. The lowest BCUT2D eigenvalue weighted by atomic mass is 10.1. The first-order valence-corrected chi connectivity index (χ1v) is 6.53. The summed E-state index contributed by atoms with van der Waals surface area (Å²) in [5, 5.41) is 10.3. The quantitative estimate of drug-likeness (QED) is 0.829. The van der Waals surface area contributed by atoms with Crippen LogP contribution < -0.4 is 10.6 Å². The summed E-state index contributed by atoms with van der Waals surface area (Å²) in [6.07, 6.45) is 0. The number of nitrogens with one attached hydrogen (secondary N) is 2. The number of thiophene rings is 1. The van der Waals surface area contributed by atoms with Crippen LogP contribution in [0.25, 0.3) is 0 Å². The third kappa shape index (κ3) is 3.94. The predicted molar refractivity (Wildman–Crippen MR) is 68.6 cm³/mol. The molecule has 0 spiro atoms. The van der Waals surface area contributed by atoms with Crippen LogP contribution in [0.5, 0.6) is 0 Å². The lowest BCUT2D eigenvalue weighted by Crippen LogP contribution is -2.45. The van der Waals surface area contributed by atoms with Gasteiger partial charge in [-0.25, -0.2) is 0 Å². The largest absolute Gasteiger partial charge is 0.353 e. The molecule has 0 radical (unpaired) electrons. The zero-order valence-corrected chi connectivity index (χ0v) is 11.1. The summed E-state index contributed by atoms with van der Waals surface area (Å²) in [5.74, 6) is 0.0529. The number of hydrogen-bond acceptors (Lipinski definition) is 3. The maximum absolute atomic E-state index is 11.7. The van der Waals surface area contributed by atoms with Gasteiger partial charge in [-0.1, -0.05) is 0 Å². The fourth-order valence-corrected chi connectivity index (χ4v) is 2.23. The molecule has 90 valence electrons. The fourth-order valence-electron chi connectivity index (χ4n) is 1.48. The highest BCUT2D eigenvalue weighted by molar-refractivity contribution is 7.07. The summed E-state index contributed by atoms with van der Waals surface area (Å²) in [7, 11) is 0. The molecule has 16 heavy (non-hydrogen) atoms. The number of rotatable bonds is 5. The van der Waals surface area contributed by atoms with Gasteiger partial charge in [0.05, 0.1) is 6.04 Å². The van der Waals surface area contributed by atoms with Gasteiger partial charge in [0.2, 0.25) is 5.91 Å². The van der Waals surface area contributed by atoms with Gasteiger partial charge >= 0.3 is 0 Å². The Kier molecular flexibility index (Phi) is 4.96. The molecule has 2 unspecified atom stereocenters. The Hall–Kier alpha value is -0.870. The highest BCUT2D eigenvalue weighted by Crippen LogP contribution is 2.15. The number of hydrogen-bond donors (Lipinski definition) is 2. The van der Waals surface area contributed by atoms with E-state index in [4.69, 9.17) is 0 Å². The molecular weight excluding hydrogens is 220 g/mol. The van der Waals surface area contributed by atoms with Crippen molar-refractivity contribution in [2.24, 2.45) is 0 Å². The molecule has 1 aromatic rings. The summed E-state index contributed by atoms with van der Waals surface area (Å²) < 4.78 is 0. The van der Waals surface area contributed by atoms with E-state index in [0.29, 0.717) is 0 Å². The molecule has 0 saturated carbocycles. The minimum Gasteiger partial charge on any atom is -0.353 e. The topological polar surface area (TPSA) is 41.1 Å². The fraction of sp³-hybridized carbons (Fsp3) is 0.583. The third-order valence-corrected chi connectivity index (χ3v) is 3.07. The second-order valence-electron chi connectivity index (χ2n) is 4.33. The van der Waals surface area contributed by atoms with Gasteiger partial charge in [-0.15, -0.1) is 0 Å². The molecule has 0 aliphatic heterocycles. The van der Waals surface area contributed by atoms with Gasteiger partial charge in [-0.05, 0) is 50.1 Å². The molecule has 1 amide bonds. The summed E-state index contributed by atoms with van der Waals surface area (Å²) in [4.78, 5) is 11.7. The summed E-state index contributed by atoms with van der Waals surface area (Å²) in [6, 6.07) is 2.31. The zero-order chi connectivity index (χ0) is 12.1. The smallest absolute Gasteiger partial charge is 0.237 e. The average molecular weight is 240 g/mol. The van der Waals surface area contributed by atoms with Crippen molar-refractivity contribution in [3.63, 3.8) is 0 Å². The summed E-state index contributed by atoms with van der Waals surface area (Å²) in [6.45, 7) is 7.89. The van der Waals surface area contributed by atoms with Crippen molar-refractivity contribution < 1.29 is 4.79 Å². The predicted octanol–water partition coefficient (Wildman–Crippen LogP) is 2.31. The lowest BCUT2D eigenvalue weighted by Gasteiger charge is -2.20. The van der Waals surface area contributed by atoms with Gasteiger partial charge in [0, 0.05) is 12.1 Å². The maximum Gasteiger partial charge on any atom is 0.237 e.